The van der Waals surface area contributed by atoms with Crippen molar-refractivity contribution < 1.29 is 9.72 Å². The smallest absolute Gasteiger partial charge is 0.293 e. The molecule has 1 aliphatic rings. The lowest BCUT2D eigenvalue weighted by atomic mass is 10.1. The lowest BCUT2D eigenvalue weighted by Crippen LogP contribution is -2.16. The van der Waals surface area contributed by atoms with E-state index in [9.17, 15) is 14.9 Å². The Hall–Kier alpha value is -2.69. The summed E-state index contributed by atoms with van der Waals surface area (Å²) >= 11 is 0. The summed E-state index contributed by atoms with van der Waals surface area (Å²) in [6.07, 6.45) is 0.621. The molecule has 0 aromatic heterocycles. The summed E-state index contributed by atoms with van der Waals surface area (Å²) in [5.74, 6) is 0. The number of nitro groups is 1. The van der Waals surface area contributed by atoms with E-state index in [1.807, 2.05) is 29.2 Å². The summed E-state index contributed by atoms with van der Waals surface area (Å²) in [4.78, 5) is 23.5. The van der Waals surface area contributed by atoms with Gasteiger partial charge in [-0.05, 0) is 23.3 Å². The van der Waals surface area contributed by atoms with Gasteiger partial charge in [0.15, 0.2) is 0 Å². The molecule has 2 aromatic carbocycles. The van der Waals surface area contributed by atoms with E-state index in [-0.39, 0.29) is 5.69 Å². The SMILES string of the molecule is O=Cc1ccc(N2Cc3ccccc3C2)c([N+](=O)[O-])c1. The van der Waals surface area contributed by atoms with E-state index in [4.69, 9.17) is 0 Å². The number of nitrogens with zero attached hydrogens (tertiary/aromatic N) is 2. The Morgan fingerprint density at radius 1 is 1.10 bits per heavy atom. The van der Waals surface area contributed by atoms with Crippen molar-refractivity contribution in [3.63, 3.8) is 0 Å². The van der Waals surface area contributed by atoms with Crippen molar-refractivity contribution in [1.29, 1.82) is 0 Å². The number of nitro benzene ring substituents is 1. The maximum atomic E-state index is 11.2. The van der Waals surface area contributed by atoms with Gasteiger partial charge in [0.25, 0.3) is 5.69 Å². The Morgan fingerprint density at radius 3 is 2.30 bits per heavy atom. The maximum Gasteiger partial charge on any atom is 0.293 e. The predicted octanol–water partition coefficient (Wildman–Crippen LogP) is 2.93. The van der Waals surface area contributed by atoms with Crippen LogP contribution in [-0.2, 0) is 13.1 Å². The van der Waals surface area contributed by atoms with Gasteiger partial charge in [0.05, 0.1) is 4.92 Å². The minimum atomic E-state index is -0.439. The zero-order chi connectivity index (χ0) is 14.1. The van der Waals surface area contributed by atoms with Crippen LogP contribution in [0.4, 0.5) is 11.4 Å². The van der Waals surface area contributed by atoms with Crippen molar-refractivity contribution in [3.05, 3.63) is 69.3 Å². The molecule has 2 aromatic rings. The van der Waals surface area contributed by atoms with Gasteiger partial charge < -0.3 is 4.90 Å². The van der Waals surface area contributed by atoms with E-state index in [2.05, 4.69) is 0 Å². The second-order valence-electron chi connectivity index (χ2n) is 4.75. The van der Waals surface area contributed by atoms with Crippen LogP contribution in [0.2, 0.25) is 0 Å². The first kappa shape index (κ1) is 12.3. The first-order valence-electron chi connectivity index (χ1n) is 6.24. The number of carbonyl (C=O) groups excluding carboxylic acids is 1. The fourth-order valence-electron chi connectivity index (χ4n) is 2.53. The molecule has 5 heteroatoms. The Bertz CT molecular complexity index is 672. The molecular weight excluding hydrogens is 256 g/mol. The van der Waals surface area contributed by atoms with Crippen molar-refractivity contribution in [3.8, 4) is 0 Å². The van der Waals surface area contributed by atoms with Crippen LogP contribution in [0.15, 0.2) is 42.5 Å². The van der Waals surface area contributed by atoms with E-state index >= 15 is 0 Å². The molecule has 100 valence electrons. The molecule has 0 bridgehead atoms. The molecule has 0 amide bonds. The van der Waals surface area contributed by atoms with Crippen molar-refractivity contribution in [1.82, 2.24) is 0 Å². The molecule has 0 aliphatic carbocycles. The average Bonchev–Trinajstić information content (AvgIpc) is 2.90. The Balaban J connectivity index is 2.00. The fraction of sp³-hybridized carbons (Fsp3) is 0.133. The summed E-state index contributed by atoms with van der Waals surface area (Å²) in [5, 5.41) is 11.2. The summed E-state index contributed by atoms with van der Waals surface area (Å²) in [6.45, 7) is 1.30. The highest BCUT2D eigenvalue weighted by atomic mass is 16.6. The fourth-order valence-corrected chi connectivity index (χ4v) is 2.53. The third-order valence-corrected chi connectivity index (χ3v) is 3.51. The molecule has 0 saturated heterocycles. The third kappa shape index (κ3) is 2.03. The molecule has 3 rings (SSSR count). The largest absolute Gasteiger partial charge is 0.357 e. The second kappa shape index (κ2) is 4.77. The summed E-state index contributed by atoms with van der Waals surface area (Å²) < 4.78 is 0. The number of hydrogen-bond acceptors (Lipinski definition) is 4. The Kier molecular flexibility index (Phi) is 2.95. The highest BCUT2D eigenvalue weighted by Gasteiger charge is 2.25. The number of fused-ring (bicyclic) bond motifs is 1. The monoisotopic (exact) mass is 268 g/mol. The molecule has 5 nitrogen and oxygen atoms in total. The molecule has 0 saturated carbocycles. The first-order valence-corrected chi connectivity index (χ1v) is 6.24. The van der Waals surface area contributed by atoms with Gasteiger partial charge in [-0.1, -0.05) is 24.3 Å². The Morgan fingerprint density at radius 2 is 1.75 bits per heavy atom. The molecule has 1 aliphatic heterocycles. The molecule has 0 N–H and O–H groups in total. The summed E-state index contributed by atoms with van der Waals surface area (Å²) in [7, 11) is 0. The Labute approximate surface area is 115 Å². The van der Waals surface area contributed by atoms with Crippen molar-refractivity contribution in [2.24, 2.45) is 0 Å². The van der Waals surface area contributed by atoms with Gasteiger partial charge >= 0.3 is 0 Å². The number of rotatable bonds is 3. The molecule has 20 heavy (non-hydrogen) atoms. The minimum absolute atomic E-state index is 0.0255. The number of benzene rings is 2. The van der Waals surface area contributed by atoms with Crippen LogP contribution in [-0.4, -0.2) is 11.2 Å². The number of aldehydes is 1. The zero-order valence-corrected chi connectivity index (χ0v) is 10.7. The molecule has 1 heterocycles. The van der Waals surface area contributed by atoms with E-state index < -0.39 is 4.92 Å². The summed E-state index contributed by atoms with van der Waals surface area (Å²) in [6, 6.07) is 12.6. The molecule has 0 atom stereocenters. The van der Waals surface area contributed by atoms with Crippen LogP contribution >= 0.6 is 0 Å². The van der Waals surface area contributed by atoms with E-state index in [1.165, 1.54) is 17.2 Å². The normalized spacial score (nSPS) is 13.1. The van der Waals surface area contributed by atoms with Gasteiger partial charge in [-0.3, -0.25) is 14.9 Å². The predicted molar refractivity (Wildman–Crippen MR) is 74.8 cm³/mol. The zero-order valence-electron chi connectivity index (χ0n) is 10.7. The van der Waals surface area contributed by atoms with E-state index in [1.54, 1.807) is 12.1 Å². The van der Waals surface area contributed by atoms with Crippen LogP contribution in [0.5, 0.6) is 0 Å². The highest BCUT2D eigenvalue weighted by molar-refractivity contribution is 5.80. The molecule has 0 spiro atoms. The topological polar surface area (TPSA) is 63.5 Å². The average molecular weight is 268 g/mol. The van der Waals surface area contributed by atoms with Gasteiger partial charge in [0.1, 0.15) is 12.0 Å². The van der Waals surface area contributed by atoms with E-state index in [0.29, 0.717) is 30.6 Å². The first-order chi connectivity index (χ1) is 9.69. The number of carbonyl (C=O) groups is 1. The lowest BCUT2D eigenvalue weighted by Gasteiger charge is -2.17. The van der Waals surface area contributed by atoms with Crippen LogP contribution in [0.3, 0.4) is 0 Å². The van der Waals surface area contributed by atoms with Crippen molar-refractivity contribution >= 4 is 17.7 Å². The standard InChI is InChI=1S/C15H12N2O3/c18-10-11-5-6-14(15(7-11)17(19)20)16-8-12-3-1-2-4-13(12)9-16/h1-7,10H,8-9H2. The van der Waals surface area contributed by atoms with Gasteiger partial charge in [-0.15, -0.1) is 0 Å². The van der Waals surface area contributed by atoms with Crippen LogP contribution in [0, 0.1) is 10.1 Å². The highest BCUT2D eigenvalue weighted by Crippen LogP contribution is 2.34. The van der Waals surface area contributed by atoms with Crippen molar-refractivity contribution in [2.75, 3.05) is 4.90 Å². The van der Waals surface area contributed by atoms with Crippen molar-refractivity contribution in [2.45, 2.75) is 13.1 Å². The van der Waals surface area contributed by atoms with Gasteiger partial charge in [-0.2, -0.15) is 0 Å². The molecule has 0 fully saturated rings. The quantitative estimate of drug-likeness (QED) is 0.487. The van der Waals surface area contributed by atoms with E-state index in [0.717, 1.165) is 0 Å². The lowest BCUT2D eigenvalue weighted by molar-refractivity contribution is -0.384. The molecular formula is C15H12N2O3. The van der Waals surface area contributed by atoms with Crippen LogP contribution < -0.4 is 4.90 Å². The summed E-state index contributed by atoms with van der Waals surface area (Å²) in [5.41, 5.74) is 3.21. The third-order valence-electron chi connectivity index (χ3n) is 3.51. The maximum absolute atomic E-state index is 11.2. The van der Waals surface area contributed by atoms with Gasteiger partial charge in [0, 0.05) is 24.7 Å². The molecule has 0 radical (unpaired) electrons. The van der Waals surface area contributed by atoms with Crippen LogP contribution in [0.25, 0.3) is 0 Å². The minimum Gasteiger partial charge on any atom is -0.357 e. The number of hydrogen-bond donors (Lipinski definition) is 0. The van der Waals surface area contributed by atoms with Gasteiger partial charge in [-0.25, -0.2) is 0 Å². The number of anilines is 1. The second-order valence-corrected chi connectivity index (χ2v) is 4.75. The van der Waals surface area contributed by atoms with Gasteiger partial charge in [0.2, 0.25) is 0 Å². The van der Waals surface area contributed by atoms with Crippen LogP contribution in [0.1, 0.15) is 21.5 Å². The molecule has 0 unspecified atom stereocenters.